The van der Waals surface area contributed by atoms with Crippen LogP contribution in [0.25, 0.3) is 17.3 Å². The molecule has 1 unspecified atom stereocenters. The highest BCUT2D eigenvalue weighted by Gasteiger charge is 2.20. The van der Waals surface area contributed by atoms with E-state index in [1.54, 1.807) is 55.5 Å². The minimum Gasteiger partial charge on any atom is -0.321 e. The van der Waals surface area contributed by atoms with Crippen LogP contribution in [0.1, 0.15) is 33.3 Å². The van der Waals surface area contributed by atoms with Gasteiger partial charge in [0.05, 0.1) is 16.0 Å². The van der Waals surface area contributed by atoms with E-state index in [-0.39, 0.29) is 22.2 Å². The van der Waals surface area contributed by atoms with Gasteiger partial charge in [0.1, 0.15) is 11.5 Å². The van der Waals surface area contributed by atoms with Crippen LogP contribution in [-0.2, 0) is 9.59 Å². The van der Waals surface area contributed by atoms with Crippen molar-refractivity contribution < 1.29 is 18.8 Å². The molecular formula is C36H30ClFN4O3S2. The minimum atomic E-state index is -0.690. The van der Waals surface area contributed by atoms with Crippen molar-refractivity contribution in [3.05, 3.63) is 135 Å². The number of hydrogen-bond donors (Lipinski definition) is 3. The van der Waals surface area contributed by atoms with Crippen molar-refractivity contribution in [3.63, 3.8) is 0 Å². The normalized spacial score (nSPS) is 11.9. The molecule has 3 N–H and O–H groups in total. The van der Waals surface area contributed by atoms with Gasteiger partial charge in [0.25, 0.3) is 11.8 Å². The number of carbonyl (C=O) groups is 3. The van der Waals surface area contributed by atoms with Crippen LogP contribution in [0.4, 0.5) is 15.2 Å². The van der Waals surface area contributed by atoms with Gasteiger partial charge in [-0.15, -0.1) is 23.1 Å². The topological polar surface area (TPSA) is 100 Å². The summed E-state index contributed by atoms with van der Waals surface area (Å²) < 4.78 is 14.6. The molecule has 0 radical (unpaired) electrons. The molecule has 0 bridgehead atoms. The lowest BCUT2D eigenvalue weighted by Crippen LogP contribution is -2.30. The van der Waals surface area contributed by atoms with Gasteiger partial charge < -0.3 is 16.0 Å². The van der Waals surface area contributed by atoms with Gasteiger partial charge in [0, 0.05) is 32.2 Å². The number of thiazole rings is 1. The molecule has 0 aliphatic heterocycles. The number of amides is 3. The van der Waals surface area contributed by atoms with Crippen LogP contribution < -0.4 is 16.0 Å². The summed E-state index contributed by atoms with van der Waals surface area (Å²) in [6.45, 7) is 5.78. The lowest BCUT2D eigenvalue weighted by Gasteiger charge is -2.14. The number of hydrogen-bond acceptors (Lipinski definition) is 6. The molecule has 0 aliphatic rings. The number of nitrogens with one attached hydrogen (secondary N) is 3. The molecule has 3 amide bonds. The molecule has 0 saturated carbocycles. The van der Waals surface area contributed by atoms with E-state index in [0.717, 1.165) is 26.6 Å². The summed E-state index contributed by atoms with van der Waals surface area (Å²) in [4.78, 5) is 45.9. The zero-order valence-corrected chi connectivity index (χ0v) is 28.0. The molecule has 238 valence electrons. The largest absolute Gasteiger partial charge is 0.321 e. The molecular weight excluding hydrogens is 655 g/mol. The van der Waals surface area contributed by atoms with E-state index >= 15 is 0 Å². The van der Waals surface area contributed by atoms with Crippen molar-refractivity contribution in [2.75, 3.05) is 10.6 Å². The van der Waals surface area contributed by atoms with Crippen molar-refractivity contribution in [3.8, 4) is 11.3 Å². The predicted molar refractivity (Wildman–Crippen MR) is 189 cm³/mol. The number of aryl methyl sites for hydroxylation is 2. The monoisotopic (exact) mass is 684 g/mol. The molecule has 0 aliphatic carbocycles. The number of carbonyl (C=O) groups excluding carboxylic acids is 3. The first-order valence-corrected chi connectivity index (χ1v) is 16.6. The van der Waals surface area contributed by atoms with Crippen LogP contribution in [0.3, 0.4) is 0 Å². The zero-order valence-electron chi connectivity index (χ0n) is 25.6. The third-order valence-electron chi connectivity index (χ3n) is 6.94. The molecule has 47 heavy (non-hydrogen) atoms. The second-order valence-electron chi connectivity index (χ2n) is 10.5. The average Bonchev–Trinajstić information content (AvgIpc) is 3.42. The van der Waals surface area contributed by atoms with Gasteiger partial charge in [-0.1, -0.05) is 71.8 Å². The molecule has 1 aromatic heterocycles. The van der Waals surface area contributed by atoms with E-state index in [2.05, 4.69) is 20.9 Å². The summed E-state index contributed by atoms with van der Waals surface area (Å²) in [6, 6.07) is 27.5. The van der Waals surface area contributed by atoms with E-state index in [4.69, 9.17) is 11.6 Å². The lowest BCUT2D eigenvalue weighted by atomic mass is 10.1. The molecule has 0 fully saturated rings. The minimum absolute atomic E-state index is 0.0433. The number of anilines is 2. The highest BCUT2D eigenvalue weighted by Crippen LogP contribution is 2.32. The van der Waals surface area contributed by atoms with E-state index in [1.807, 2.05) is 44.2 Å². The summed E-state index contributed by atoms with van der Waals surface area (Å²) in [5, 5.41) is 8.37. The van der Waals surface area contributed by atoms with Gasteiger partial charge >= 0.3 is 0 Å². The van der Waals surface area contributed by atoms with Crippen molar-refractivity contribution in [2.24, 2.45) is 0 Å². The SMILES string of the molecule is Cc1ccc(-c2nc(NC(=O)C(C)Sc3cccc(NC(=O)/C(=C\c4c(F)cccc4Cl)NC(=O)c4ccccc4)c3)sc2C)cc1. The van der Waals surface area contributed by atoms with Crippen molar-refractivity contribution >= 4 is 69.3 Å². The molecule has 0 saturated heterocycles. The van der Waals surface area contributed by atoms with Gasteiger partial charge in [0.2, 0.25) is 5.91 Å². The number of halogens is 2. The Hall–Kier alpha value is -4.77. The third-order valence-corrected chi connectivity index (χ3v) is 9.25. The Morgan fingerprint density at radius 2 is 1.64 bits per heavy atom. The maximum atomic E-state index is 14.6. The van der Waals surface area contributed by atoms with Gasteiger partial charge in [0.15, 0.2) is 5.13 Å². The second-order valence-corrected chi connectivity index (χ2v) is 13.6. The zero-order chi connectivity index (χ0) is 33.5. The third kappa shape index (κ3) is 8.74. The van der Waals surface area contributed by atoms with Crippen LogP contribution in [-0.4, -0.2) is 28.0 Å². The Morgan fingerprint density at radius 1 is 0.915 bits per heavy atom. The van der Waals surface area contributed by atoms with Crippen LogP contribution in [0.2, 0.25) is 5.02 Å². The van der Waals surface area contributed by atoms with Crippen molar-refractivity contribution in [1.82, 2.24) is 10.3 Å². The smallest absolute Gasteiger partial charge is 0.272 e. The molecule has 7 nitrogen and oxygen atoms in total. The lowest BCUT2D eigenvalue weighted by molar-refractivity contribution is -0.115. The predicted octanol–water partition coefficient (Wildman–Crippen LogP) is 8.75. The number of thioether (sulfide) groups is 1. The Kier molecular flexibility index (Phi) is 10.9. The summed E-state index contributed by atoms with van der Waals surface area (Å²) in [5.41, 5.74) is 3.45. The average molecular weight is 685 g/mol. The Bertz CT molecular complexity index is 1940. The highest BCUT2D eigenvalue weighted by molar-refractivity contribution is 8.00. The molecule has 1 heterocycles. The molecule has 11 heteroatoms. The maximum Gasteiger partial charge on any atom is 0.272 e. The fourth-order valence-corrected chi connectivity index (χ4v) is 6.46. The summed E-state index contributed by atoms with van der Waals surface area (Å²) in [7, 11) is 0. The molecule has 5 aromatic rings. The molecule has 1 atom stereocenters. The van der Waals surface area contributed by atoms with Gasteiger partial charge in [-0.3, -0.25) is 14.4 Å². The van der Waals surface area contributed by atoms with Crippen molar-refractivity contribution in [1.29, 1.82) is 0 Å². The van der Waals surface area contributed by atoms with Gasteiger partial charge in [-0.05, 0) is 69.3 Å². The number of rotatable bonds is 10. The van der Waals surface area contributed by atoms with E-state index in [0.29, 0.717) is 16.4 Å². The van der Waals surface area contributed by atoms with E-state index in [1.165, 1.54) is 47.4 Å². The summed E-state index contributed by atoms with van der Waals surface area (Å²) >= 11 is 8.93. The van der Waals surface area contributed by atoms with Crippen LogP contribution >= 0.6 is 34.7 Å². The van der Waals surface area contributed by atoms with Crippen molar-refractivity contribution in [2.45, 2.75) is 30.9 Å². The standard InChI is InChI=1S/C36H30ClFN4O3S2/c1-21-15-17-24(18-16-21)32-22(2)47-36(41-32)42-33(43)23(3)46-27-12-7-11-26(19-27)39-35(45)31(20-28-29(37)13-8-14-30(28)38)40-34(44)25-9-5-4-6-10-25/h4-20,23H,1-3H3,(H,39,45)(H,40,44)(H,41,42,43)/b31-20+. The highest BCUT2D eigenvalue weighted by atomic mass is 35.5. The fraction of sp³-hybridized carbons (Fsp3) is 0.111. The first-order valence-electron chi connectivity index (χ1n) is 14.5. The molecule has 0 spiro atoms. The van der Waals surface area contributed by atoms with E-state index in [9.17, 15) is 18.8 Å². The number of benzene rings is 4. The van der Waals surface area contributed by atoms with Crippen LogP contribution in [0.15, 0.2) is 108 Å². The Labute approximate surface area is 285 Å². The number of aromatic nitrogens is 1. The molecule has 5 rings (SSSR count). The molecule has 4 aromatic carbocycles. The van der Waals surface area contributed by atoms with Crippen LogP contribution in [0.5, 0.6) is 0 Å². The first-order chi connectivity index (χ1) is 22.6. The van der Waals surface area contributed by atoms with E-state index < -0.39 is 22.9 Å². The Balaban J connectivity index is 1.28. The van der Waals surface area contributed by atoms with Crippen LogP contribution in [0, 0.1) is 19.7 Å². The Morgan fingerprint density at radius 3 is 2.36 bits per heavy atom. The summed E-state index contributed by atoms with van der Waals surface area (Å²) in [6.07, 6.45) is 1.20. The quantitative estimate of drug-likeness (QED) is 0.101. The fourth-order valence-electron chi connectivity index (χ4n) is 4.47. The maximum absolute atomic E-state index is 14.6. The second kappa shape index (κ2) is 15.2. The first kappa shape index (κ1) is 33.6. The number of nitrogens with zero attached hydrogens (tertiary/aromatic N) is 1. The van der Waals surface area contributed by atoms with Gasteiger partial charge in [-0.2, -0.15) is 0 Å². The summed E-state index contributed by atoms with van der Waals surface area (Å²) in [5.74, 6) is -2.11. The van der Waals surface area contributed by atoms with Gasteiger partial charge in [-0.25, -0.2) is 9.37 Å².